The minimum Gasteiger partial charge on any atom is -0.409 e. The summed E-state index contributed by atoms with van der Waals surface area (Å²) in [5.74, 6) is 1.06. The molecule has 0 aliphatic rings. The van der Waals surface area contributed by atoms with Crippen molar-refractivity contribution in [2.45, 2.75) is 33.2 Å². The van der Waals surface area contributed by atoms with Crippen LogP contribution in [0.4, 0.5) is 5.82 Å². The largest absolute Gasteiger partial charge is 0.409 e. The van der Waals surface area contributed by atoms with Crippen molar-refractivity contribution in [2.24, 2.45) is 10.9 Å². The molecule has 1 aromatic carbocycles. The lowest BCUT2D eigenvalue weighted by atomic mass is 10.2. The summed E-state index contributed by atoms with van der Waals surface area (Å²) in [6.07, 6.45) is 0.475. The maximum atomic E-state index is 8.67. The Kier molecular flexibility index (Phi) is 4.57. The highest BCUT2D eigenvalue weighted by molar-refractivity contribution is 5.80. The second kappa shape index (κ2) is 6.39. The van der Waals surface area contributed by atoms with Gasteiger partial charge in [-0.2, -0.15) is 0 Å². The average Bonchev–Trinajstić information content (AvgIpc) is 2.47. The summed E-state index contributed by atoms with van der Waals surface area (Å²) in [4.78, 5) is 11.4. The summed E-state index contributed by atoms with van der Waals surface area (Å²) in [5.41, 5.74) is 8.20. The molecule has 0 unspecified atom stereocenters. The van der Waals surface area contributed by atoms with Gasteiger partial charge in [-0.15, -0.1) is 0 Å². The molecule has 0 atom stereocenters. The Labute approximate surface area is 124 Å². The molecular formula is C15H21N5O. The molecule has 0 radical (unpaired) electrons. The fourth-order valence-corrected chi connectivity index (χ4v) is 2.24. The van der Waals surface area contributed by atoms with Crippen LogP contribution in [0.3, 0.4) is 0 Å². The van der Waals surface area contributed by atoms with Crippen molar-refractivity contribution in [3.8, 4) is 0 Å². The smallest absolute Gasteiger partial charge is 0.151 e. The van der Waals surface area contributed by atoms with Gasteiger partial charge in [-0.3, -0.25) is 0 Å². The lowest BCUT2D eigenvalue weighted by Crippen LogP contribution is -2.35. The first-order valence-corrected chi connectivity index (χ1v) is 6.99. The number of anilines is 1. The van der Waals surface area contributed by atoms with Crippen molar-refractivity contribution >= 4 is 22.7 Å². The van der Waals surface area contributed by atoms with E-state index < -0.39 is 0 Å². The van der Waals surface area contributed by atoms with Crippen LogP contribution in [-0.2, 0) is 0 Å². The molecule has 0 aliphatic heterocycles. The Morgan fingerprint density at radius 2 is 1.90 bits per heavy atom. The van der Waals surface area contributed by atoms with E-state index in [9.17, 15) is 0 Å². The predicted molar refractivity (Wildman–Crippen MR) is 84.8 cm³/mol. The molecule has 3 N–H and O–H groups in total. The number of hydrogen-bond acceptors (Lipinski definition) is 5. The van der Waals surface area contributed by atoms with Gasteiger partial charge in [0, 0.05) is 19.0 Å². The van der Waals surface area contributed by atoms with E-state index in [1.54, 1.807) is 0 Å². The molecule has 0 saturated carbocycles. The molecular weight excluding hydrogens is 266 g/mol. The van der Waals surface area contributed by atoms with E-state index in [1.807, 2.05) is 31.2 Å². The van der Waals surface area contributed by atoms with Gasteiger partial charge in [0.05, 0.1) is 16.7 Å². The van der Waals surface area contributed by atoms with E-state index in [0.29, 0.717) is 13.0 Å². The molecule has 1 aromatic heterocycles. The zero-order chi connectivity index (χ0) is 15.4. The zero-order valence-corrected chi connectivity index (χ0v) is 12.6. The number of hydrogen-bond donors (Lipinski definition) is 2. The molecule has 0 fully saturated rings. The van der Waals surface area contributed by atoms with Crippen LogP contribution in [0.15, 0.2) is 29.4 Å². The van der Waals surface area contributed by atoms with Gasteiger partial charge in [-0.05, 0) is 32.9 Å². The Balaban J connectivity index is 2.37. The summed E-state index contributed by atoms with van der Waals surface area (Å²) in [5, 5.41) is 11.7. The highest BCUT2D eigenvalue weighted by Crippen LogP contribution is 2.22. The number of para-hydroxylation sites is 2. The first-order chi connectivity index (χ1) is 10.0. The SMILES string of the molecule is Cc1nc2ccccc2nc1N(CCC(N)=NO)C(C)C. The number of nitrogens with two attached hydrogens (primary N) is 1. The van der Waals surface area contributed by atoms with E-state index in [1.165, 1.54) is 0 Å². The quantitative estimate of drug-likeness (QED) is 0.381. The number of nitrogens with zero attached hydrogens (tertiary/aromatic N) is 4. The van der Waals surface area contributed by atoms with Gasteiger partial charge < -0.3 is 15.8 Å². The highest BCUT2D eigenvalue weighted by Gasteiger charge is 2.16. The molecule has 2 aromatic rings. The molecule has 0 amide bonds. The first-order valence-electron chi connectivity index (χ1n) is 6.99. The van der Waals surface area contributed by atoms with Crippen LogP contribution in [0.25, 0.3) is 11.0 Å². The molecule has 2 rings (SSSR count). The molecule has 0 saturated heterocycles. The number of benzene rings is 1. The summed E-state index contributed by atoms with van der Waals surface area (Å²) < 4.78 is 0. The topological polar surface area (TPSA) is 87.6 Å². The van der Waals surface area contributed by atoms with Gasteiger partial charge >= 0.3 is 0 Å². The number of fused-ring (bicyclic) bond motifs is 1. The first kappa shape index (κ1) is 15.0. The van der Waals surface area contributed by atoms with Crippen LogP contribution in [0.2, 0.25) is 0 Å². The minimum absolute atomic E-state index is 0.215. The minimum atomic E-state index is 0.215. The number of aryl methyl sites for hydroxylation is 1. The average molecular weight is 287 g/mol. The van der Waals surface area contributed by atoms with Crippen LogP contribution in [0.5, 0.6) is 0 Å². The standard InChI is InChI=1S/C15H21N5O/c1-10(2)20(9-8-14(16)19-21)15-11(3)17-12-6-4-5-7-13(12)18-15/h4-7,10,21H,8-9H2,1-3H3,(H2,16,19). The molecule has 0 bridgehead atoms. The lowest BCUT2D eigenvalue weighted by molar-refractivity contribution is 0.317. The summed E-state index contributed by atoms with van der Waals surface area (Å²) in [6.45, 7) is 6.75. The number of rotatable bonds is 5. The molecule has 21 heavy (non-hydrogen) atoms. The third-order valence-electron chi connectivity index (χ3n) is 3.35. The molecule has 6 heteroatoms. The normalized spacial score (nSPS) is 12.1. The van der Waals surface area contributed by atoms with Crippen LogP contribution >= 0.6 is 0 Å². The zero-order valence-electron chi connectivity index (χ0n) is 12.6. The Morgan fingerprint density at radius 3 is 2.48 bits per heavy atom. The van der Waals surface area contributed by atoms with Crippen LogP contribution in [0, 0.1) is 6.92 Å². The van der Waals surface area contributed by atoms with E-state index in [-0.39, 0.29) is 11.9 Å². The van der Waals surface area contributed by atoms with E-state index in [2.05, 4.69) is 28.9 Å². The molecule has 112 valence electrons. The van der Waals surface area contributed by atoms with E-state index in [0.717, 1.165) is 22.5 Å². The summed E-state index contributed by atoms with van der Waals surface area (Å²) >= 11 is 0. The number of amidine groups is 1. The summed E-state index contributed by atoms with van der Waals surface area (Å²) in [7, 11) is 0. The van der Waals surface area contributed by atoms with E-state index in [4.69, 9.17) is 15.9 Å². The van der Waals surface area contributed by atoms with Crippen molar-refractivity contribution in [3.63, 3.8) is 0 Å². The Bertz CT molecular complexity index is 654. The summed E-state index contributed by atoms with van der Waals surface area (Å²) in [6, 6.07) is 8.05. The molecule has 6 nitrogen and oxygen atoms in total. The predicted octanol–water partition coefficient (Wildman–Crippen LogP) is 2.29. The van der Waals surface area contributed by atoms with Crippen molar-refractivity contribution in [3.05, 3.63) is 30.0 Å². The Hall–Kier alpha value is -2.37. The maximum absolute atomic E-state index is 8.67. The van der Waals surface area contributed by atoms with Crippen molar-refractivity contribution < 1.29 is 5.21 Å². The fraction of sp³-hybridized carbons (Fsp3) is 0.400. The van der Waals surface area contributed by atoms with Gasteiger partial charge in [-0.25, -0.2) is 9.97 Å². The van der Waals surface area contributed by atoms with Crippen LogP contribution < -0.4 is 10.6 Å². The van der Waals surface area contributed by atoms with Gasteiger partial charge in [0.2, 0.25) is 0 Å². The van der Waals surface area contributed by atoms with Crippen molar-refractivity contribution in [1.82, 2.24) is 9.97 Å². The van der Waals surface area contributed by atoms with Gasteiger partial charge in [-0.1, -0.05) is 17.3 Å². The van der Waals surface area contributed by atoms with E-state index >= 15 is 0 Å². The second-order valence-corrected chi connectivity index (χ2v) is 5.25. The van der Waals surface area contributed by atoms with Crippen molar-refractivity contribution in [1.29, 1.82) is 0 Å². The fourth-order valence-electron chi connectivity index (χ4n) is 2.24. The maximum Gasteiger partial charge on any atom is 0.151 e. The molecule has 0 spiro atoms. The third-order valence-corrected chi connectivity index (χ3v) is 3.35. The highest BCUT2D eigenvalue weighted by atomic mass is 16.4. The Morgan fingerprint density at radius 1 is 1.29 bits per heavy atom. The van der Waals surface area contributed by atoms with Gasteiger partial charge in [0.1, 0.15) is 5.84 Å². The molecule has 0 aliphatic carbocycles. The van der Waals surface area contributed by atoms with Crippen LogP contribution in [-0.4, -0.2) is 33.6 Å². The van der Waals surface area contributed by atoms with Gasteiger partial charge in [0.25, 0.3) is 0 Å². The second-order valence-electron chi connectivity index (χ2n) is 5.25. The molecule has 1 heterocycles. The number of aromatic nitrogens is 2. The monoisotopic (exact) mass is 287 g/mol. The lowest BCUT2D eigenvalue weighted by Gasteiger charge is -2.28. The third kappa shape index (κ3) is 3.39. The van der Waals surface area contributed by atoms with Crippen molar-refractivity contribution in [2.75, 3.05) is 11.4 Å². The number of oxime groups is 1. The van der Waals surface area contributed by atoms with Crippen LogP contribution in [0.1, 0.15) is 26.0 Å². The van der Waals surface area contributed by atoms with Gasteiger partial charge in [0.15, 0.2) is 5.82 Å².